The fourth-order valence-electron chi connectivity index (χ4n) is 0.706. The van der Waals surface area contributed by atoms with Gasteiger partial charge in [-0.05, 0) is 12.1 Å². The van der Waals surface area contributed by atoms with Crippen molar-refractivity contribution in [1.82, 2.24) is 0 Å². The molecule has 3 nitrogen and oxygen atoms in total. The molecule has 0 saturated carbocycles. The minimum Gasteiger partial charge on any atom is -0.413 e. The molecule has 1 aromatic rings. The number of rotatable bonds is 3. The van der Waals surface area contributed by atoms with Crippen LogP contribution >= 0.6 is 0 Å². The standard InChI is InChI=1S/C8H5F2NO2/c9-8(10,11-6-12)13-7-4-2-1-3-5-7/h1-5H. The zero-order chi connectivity index (χ0) is 9.73. The van der Waals surface area contributed by atoms with Gasteiger partial charge < -0.3 is 4.74 Å². The van der Waals surface area contributed by atoms with Gasteiger partial charge in [0.25, 0.3) is 0 Å². The number of hydrogen-bond donors (Lipinski definition) is 0. The number of aliphatic imine (C=N–C) groups is 1. The number of benzene rings is 1. The minimum absolute atomic E-state index is 0.0634. The Morgan fingerprint density at radius 1 is 1.31 bits per heavy atom. The number of alkyl halides is 2. The predicted octanol–water partition coefficient (Wildman–Crippen LogP) is 1.95. The summed E-state index contributed by atoms with van der Waals surface area (Å²) in [5.41, 5.74) is 0. The van der Waals surface area contributed by atoms with Gasteiger partial charge in [-0.1, -0.05) is 23.2 Å². The largest absolute Gasteiger partial charge is 0.525 e. The molecule has 0 unspecified atom stereocenters. The van der Waals surface area contributed by atoms with Crippen LogP contribution in [0.4, 0.5) is 8.78 Å². The molecule has 0 spiro atoms. The molecule has 0 aliphatic rings. The molecule has 13 heavy (non-hydrogen) atoms. The lowest BCUT2D eigenvalue weighted by Crippen LogP contribution is -2.21. The van der Waals surface area contributed by atoms with Crippen LogP contribution in [-0.4, -0.2) is 12.3 Å². The van der Waals surface area contributed by atoms with Gasteiger partial charge in [0, 0.05) is 0 Å². The van der Waals surface area contributed by atoms with E-state index in [1.807, 2.05) is 0 Å². The molecule has 0 radical (unpaired) electrons. The maximum atomic E-state index is 12.5. The summed E-state index contributed by atoms with van der Waals surface area (Å²) in [6, 6.07) is 7.35. The molecule has 0 amide bonds. The van der Waals surface area contributed by atoms with Crippen molar-refractivity contribution in [2.45, 2.75) is 6.23 Å². The Morgan fingerprint density at radius 2 is 1.92 bits per heavy atom. The number of carbonyl (C=O) groups excluding carboxylic acids is 1. The van der Waals surface area contributed by atoms with E-state index >= 15 is 0 Å². The van der Waals surface area contributed by atoms with Gasteiger partial charge >= 0.3 is 6.23 Å². The van der Waals surface area contributed by atoms with Crippen LogP contribution in [-0.2, 0) is 4.79 Å². The summed E-state index contributed by atoms with van der Waals surface area (Å²) in [6.45, 7) is 0. The molecule has 0 N–H and O–H groups in total. The topological polar surface area (TPSA) is 38.7 Å². The van der Waals surface area contributed by atoms with Crippen LogP contribution in [0, 0.1) is 0 Å². The lowest BCUT2D eigenvalue weighted by molar-refractivity contribution is -0.167. The van der Waals surface area contributed by atoms with Gasteiger partial charge in [-0.2, -0.15) is 0 Å². The molecular formula is C8H5F2NO2. The van der Waals surface area contributed by atoms with Gasteiger partial charge in [0.15, 0.2) is 0 Å². The summed E-state index contributed by atoms with van der Waals surface area (Å²) in [7, 11) is 0. The van der Waals surface area contributed by atoms with Crippen molar-refractivity contribution < 1.29 is 18.3 Å². The van der Waals surface area contributed by atoms with E-state index in [9.17, 15) is 13.6 Å². The van der Waals surface area contributed by atoms with E-state index in [1.165, 1.54) is 24.3 Å². The monoisotopic (exact) mass is 185 g/mol. The molecule has 0 atom stereocenters. The van der Waals surface area contributed by atoms with Crippen molar-refractivity contribution in [2.24, 2.45) is 4.99 Å². The molecule has 0 aliphatic heterocycles. The first-order valence-corrected chi connectivity index (χ1v) is 3.35. The lowest BCUT2D eigenvalue weighted by Gasteiger charge is -2.10. The smallest absolute Gasteiger partial charge is 0.413 e. The van der Waals surface area contributed by atoms with E-state index in [-0.39, 0.29) is 5.75 Å². The molecule has 5 heteroatoms. The first-order valence-electron chi connectivity index (χ1n) is 3.35. The van der Waals surface area contributed by atoms with E-state index in [0.29, 0.717) is 0 Å². The van der Waals surface area contributed by atoms with Gasteiger partial charge in [-0.15, -0.1) is 8.78 Å². The van der Waals surface area contributed by atoms with Crippen molar-refractivity contribution >= 4 is 6.08 Å². The fraction of sp³-hybridized carbons (Fsp3) is 0.125. The third-order valence-electron chi connectivity index (χ3n) is 1.16. The van der Waals surface area contributed by atoms with E-state index in [0.717, 1.165) is 6.08 Å². The highest BCUT2D eigenvalue weighted by atomic mass is 19.3. The summed E-state index contributed by atoms with van der Waals surface area (Å²) >= 11 is 0. The second-order valence-electron chi connectivity index (χ2n) is 2.10. The average Bonchev–Trinajstić information content (AvgIpc) is 2.04. The van der Waals surface area contributed by atoms with Gasteiger partial charge in [0.05, 0.1) is 0 Å². The number of hydrogen-bond acceptors (Lipinski definition) is 3. The Morgan fingerprint density at radius 3 is 2.46 bits per heavy atom. The van der Waals surface area contributed by atoms with Crippen molar-refractivity contribution in [1.29, 1.82) is 0 Å². The molecule has 0 fully saturated rings. The lowest BCUT2D eigenvalue weighted by atomic mass is 10.3. The van der Waals surface area contributed by atoms with Gasteiger partial charge in [-0.3, -0.25) is 0 Å². The maximum Gasteiger partial charge on any atom is 0.525 e. The first kappa shape index (κ1) is 9.35. The number of ether oxygens (including phenoxy) is 1. The third kappa shape index (κ3) is 3.01. The quantitative estimate of drug-likeness (QED) is 0.410. The Bertz CT molecular complexity index is 320. The van der Waals surface area contributed by atoms with E-state index in [4.69, 9.17) is 0 Å². The Hall–Kier alpha value is -1.74. The van der Waals surface area contributed by atoms with Crippen LogP contribution in [0.15, 0.2) is 35.3 Å². The predicted molar refractivity (Wildman–Crippen MR) is 40.1 cm³/mol. The van der Waals surface area contributed by atoms with Gasteiger partial charge in [0.2, 0.25) is 6.08 Å². The normalized spacial score (nSPS) is 10.3. The van der Waals surface area contributed by atoms with Crippen molar-refractivity contribution in [3.05, 3.63) is 30.3 Å². The van der Waals surface area contributed by atoms with E-state index < -0.39 is 6.23 Å². The summed E-state index contributed by atoms with van der Waals surface area (Å²) in [5, 5.41) is 0. The summed E-state index contributed by atoms with van der Waals surface area (Å²) < 4.78 is 29.0. The van der Waals surface area contributed by atoms with Crippen LogP contribution < -0.4 is 4.74 Å². The van der Waals surface area contributed by atoms with Crippen LogP contribution in [0.2, 0.25) is 0 Å². The minimum atomic E-state index is -3.84. The third-order valence-corrected chi connectivity index (χ3v) is 1.16. The van der Waals surface area contributed by atoms with Gasteiger partial charge in [0.1, 0.15) is 5.75 Å². The van der Waals surface area contributed by atoms with E-state index in [1.54, 1.807) is 6.07 Å². The Kier molecular flexibility index (Phi) is 2.72. The van der Waals surface area contributed by atoms with Crippen LogP contribution in [0.25, 0.3) is 0 Å². The molecule has 0 saturated heterocycles. The van der Waals surface area contributed by atoms with Crippen LogP contribution in [0.5, 0.6) is 5.75 Å². The maximum absolute atomic E-state index is 12.5. The second kappa shape index (κ2) is 3.78. The fourth-order valence-corrected chi connectivity index (χ4v) is 0.706. The van der Waals surface area contributed by atoms with Crippen LogP contribution in [0.3, 0.4) is 0 Å². The molecule has 0 aliphatic carbocycles. The summed E-state index contributed by atoms with van der Waals surface area (Å²) in [5.74, 6) is -0.0634. The van der Waals surface area contributed by atoms with Crippen molar-refractivity contribution in [3.63, 3.8) is 0 Å². The van der Waals surface area contributed by atoms with Gasteiger partial charge in [-0.25, -0.2) is 4.79 Å². The molecule has 0 heterocycles. The Labute approximate surface area is 72.7 Å². The highest BCUT2D eigenvalue weighted by Gasteiger charge is 2.31. The zero-order valence-corrected chi connectivity index (χ0v) is 6.41. The zero-order valence-electron chi connectivity index (χ0n) is 6.41. The van der Waals surface area contributed by atoms with Crippen molar-refractivity contribution in [2.75, 3.05) is 0 Å². The first-order chi connectivity index (χ1) is 6.14. The number of halogens is 2. The summed E-state index contributed by atoms with van der Waals surface area (Å²) in [6.07, 6.45) is -3.12. The van der Waals surface area contributed by atoms with Crippen molar-refractivity contribution in [3.8, 4) is 5.75 Å². The highest BCUT2D eigenvalue weighted by Crippen LogP contribution is 2.21. The number of para-hydroxylation sites is 1. The van der Waals surface area contributed by atoms with E-state index in [2.05, 4.69) is 9.73 Å². The summed E-state index contributed by atoms with van der Waals surface area (Å²) in [4.78, 5) is 11.7. The molecule has 1 aromatic carbocycles. The molecule has 68 valence electrons. The van der Waals surface area contributed by atoms with Crippen LogP contribution in [0.1, 0.15) is 0 Å². The molecule has 1 rings (SSSR count). The molecule has 0 aromatic heterocycles. The molecular weight excluding hydrogens is 180 g/mol. The number of isocyanates is 1. The average molecular weight is 185 g/mol. The molecule has 0 bridgehead atoms. The number of nitrogens with zero attached hydrogens (tertiary/aromatic N) is 1. The Balaban J connectivity index is 2.74. The highest BCUT2D eigenvalue weighted by molar-refractivity contribution is 5.33. The second-order valence-corrected chi connectivity index (χ2v) is 2.10. The SMILES string of the molecule is O=C=NC(F)(F)Oc1ccccc1.